The van der Waals surface area contributed by atoms with E-state index in [2.05, 4.69) is 9.97 Å². The number of pyridine rings is 1. The smallest absolute Gasteiger partial charge is 0.269 e. The summed E-state index contributed by atoms with van der Waals surface area (Å²) < 4.78 is 57.7. The Balaban J connectivity index is 1.31. The summed E-state index contributed by atoms with van der Waals surface area (Å²) in [7, 11) is -8.41. The van der Waals surface area contributed by atoms with Gasteiger partial charge in [-0.05, 0) is 61.0 Å². The molecule has 0 aliphatic carbocycles. The molecule has 40 heavy (non-hydrogen) atoms. The van der Waals surface area contributed by atoms with Crippen LogP contribution in [0.5, 0.6) is 0 Å². The SMILES string of the molecule is Cc1cc(-c2cnc(N3CCN(S(=O)(=O)c4cc5cc(Cl)ccc5n4S(=O)(=O)c4ccccc4)CC3)s2)ccn1. The highest BCUT2D eigenvalue weighted by molar-refractivity contribution is 7.92. The van der Waals surface area contributed by atoms with E-state index in [-0.39, 0.29) is 28.5 Å². The zero-order valence-corrected chi connectivity index (χ0v) is 24.5. The summed E-state index contributed by atoms with van der Waals surface area (Å²) in [5.74, 6) is 0. The van der Waals surface area contributed by atoms with Crippen molar-refractivity contribution in [2.75, 3.05) is 31.1 Å². The number of benzene rings is 2. The fourth-order valence-corrected chi connectivity index (χ4v) is 9.40. The van der Waals surface area contributed by atoms with Crippen LogP contribution >= 0.6 is 22.9 Å². The minimum absolute atomic E-state index is 0.00677. The highest BCUT2D eigenvalue weighted by atomic mass is 35.5. The van der Waals surface area contributed by atoms with Gasteiger partial charge in [-0.2, -0.15) is 4.31 Å². The van der Waals surface area contributed by atoms with Crippen LogP contribution in [-0.2, 0) is 20.0 Å². The van der Waals surface area contributed by atoms with E-state index in [9.17, 15) is 16.8 Å². The van der Waals surface area contributed by atoms with E-state index >= 15 is 0 Å². The lowest BCUT2D eigenvalue weighted by atomic mass is 10.2. The van der Waals surface area contributed by atoms with Crippen LogP contribution in [0.25, 0.3) is 21.3 Å². The third-order valence-electron chi connectivity index (χ3n) is 6.76. The third-order valence-corrected chi connectivity index (χ3v) is 11.8. The second kappa shape index (κ2) is 10.3. The molecule has 0 saturated carbocycles. The number of rotatable bonds is 6. The summed E-state index contributed by atoms with van der Waals surface area (Å²) in [6.45, 7) is 3.13. The molecule has 9 nitrogen and oxygen atoms in total. The van der Waals surface area contributed by atoms with Gasteiger partial charge in [0, 0.05) is 54.7 Å². The fourth-order valence-electron chi connectivity index (χ4n) is 4.76. The molecular weight excluding hydrogens is 590 g/mol. The minimum Gasteiger partial charge on any atom is -0.345 e. The van der Waals surface area contributed by atoms with E-state index in [0.29, 0.717) is 23.5 Å². The van der Waals surface area contributed by atoms with Crippen molar-refractivity contribution in [3.05, 3.63) is 89.8 Å². The Kier molecular flexibility index (Phi) is 6.91. The molecule has 0 unspecified atom stereocenters. The predicted octanol–water partition coefficient (Wildman–Crippen LogP) is 4.87. The van der Waals surface area contributed by atoms with Gasteiger partial charge in [-0.3, -0.25) is 4.98 Å². The lowest BCUT2D eigenvalue weighted by Crippen LogP contribution is -2.49. The number of sulfonamides is 1. The molecule has 0 radical (unpaired) electrons. The number of hydrogen-bond donors (Lipinski definition) is 0. The molecule has 3 aromatic heterocycles. The molecule has 5 aromatic rings. The molecule has 0 spiro atoms. The first-order valence-corrected chi connectivity index (χ1v) is 16.5. The first kappa shape index (κ1) is 26.9. The number of halogens is 1. The Morgan fingerprint density at radius 3 is 2.33 bits per heavy atom. The number of anilines is 1. The number of aryl methyl sites for hydroxylation is 1. The maximum absolute atomic E-state index is 14.0. The molecule has 2 aromatic carbocycles. The summed E-state index contributed by atoms with van der Waals surface area (Å²) in [4.78, 5) is 11.9. The van der Waals surface area contributed by atoms with Crippen molar-refractivity contribution in [1.82, 2.24) is 18.2 Å². The van der Waals surface area contributed by atoms with E-state index in [1.54, 1.807) is 36.5 Å². The van der Waals surface area contributed by atoms with Crippen molar-refractivity contribution in [2.24, 2.45) is 0 Å². The number of aromatic nitrogens is 3. The van der Waals surface area contributed by atoms with E-state index < -0.39 is 20.0 Å². The average molecular weight is 614 g/mol. The molecule has 0 bridgehead atoms. The lowest BCUT2D eigenvalue weighted by molar-refractivity contribution is 0.383. The van der Waals surface area contributed by atoms with Gasteiger partial charge in [0.1, 0.15) is 0 Å². The predicted molar refractivity (Wildman–Crippen MR) is 157 cm³/mol. The average Bonchev–Trinajstić information content (AvgIpc) is 3.60. The van der Waals surface area contributed by atoms with E-state index in [0.717, 1.165) is 25.2 Å². The number of fused-ring (bicyclic) bond motifs is 1. The van der Waals surface area contributed by atoms with Crippen LogP contribution in [-0.4, -0.2) is 61.3 Å². The Bertz CT molecular complexity index is 1930. The first-order chi connectivity index (χ1) is 19.1. The van der Waals surface area contributed by atoms with Crippen LogP contribution in [0.4, 0.5) is 5.13 Å². The van der Waals surface area contributed by atoms with Crippen LogP contribution in [0, 0.1) is 6.92 Å². The van der Waals surface area contributed by atoms with Gasteiger partial charge in [0.05, 0.1) is 15.3 Å². The summed E-state index contributed by atoms with van der Waals surface area (Å²) >= 11 is 7.70. The molecule has 0 N–H and O–H groups in total. The summed E-state index contributed by atoms with van der Waals surface area (Å²) in [5, 5.41) is 1.29. The van der Waals surface area contributed by atoms with Crippen molar-refractivity contribution in [3.63, 3.8) is 0 Å². The Hall–Kier alpha value is -3.29. The first-order valence-electron chi connectivity index (χ1n) is 12.4. The lowest BCUT2D eigenvalue weighted by Gasteiger charge is -2.33. The van der Waals surface area contributed by atoms with Gasteiger partial charge in [0.25, 0.3) is 20.0 Å². The summed E-state index contributed by atoms with van der Waals surface area (Å²) in [6.07, 6.45) is 3.58. The van der Waals surface area contributed by atoms with Gasteiger partial charge in [-0.15, -0.1) is 0 Å². The second-order valence-corrected chi connectivity index (χ2v) is 14.5. The van der Waals surface area contributed by atoms with Gasteiger partial charge in [-0.1, -0.05) is 41.1 Å². The number of hydrogen-bond acceptors (Lipinski definition) is 8. The monoisotopic (exact) mass is 613 g/mol. The van der Waals surface area contributed by atoms with Crippen LogP contribution in [0.3, 0.4) is 0 Å². The molecule has 6 rings (SSSR count). The highest BCUT2D eigenvalue weighted by Crippen LogP contribution is 2.34. The molecule has 0 atom stereocenters. The maximum Gasteiger partial charge on any atom is 0.269 e. The third kappa shape index (κ3) is 4.79. The zero-order chi connectivity index (χ0) is 28.1. The molecule has 1 aliphatic heterocycles. The van der Waals surface area contributed by atoms with Crippen LogP contribution in [0.15, 0.2) is 89.0 Å². The molecule has 1 aliphatic rings. The summed E-state index contributed by atoms with van der Waals surface area (Å²) in [6, 6.07) is 17.7. The Morgan fingerprint density at radius 2 is 1.60 bits per heavy atom. The van der Waals surface area contributed by atoms with Crippen molar-refractivity contribution in [1.29, 1.82) is 0 Å². The van der Waals surface area contributed by atoms with Crippen LogP contribution in [0.2, 0.25) is 5.02 Å². The number of nitrogens with zero attached hydrogens (tertiary/aromatic N) is 5. The summed E-state index contributed by atoms with van der Waals surface area (Å²) in [5.41, 5.74) is 2.19. The fraction of sp³-hybridized carbons (Fsp3) is 0.185. The molecule has 206 valence electrons. The van der Waals surface area contributed by atoms with Gasteiger partial charge in [-0.25, -0.2) is 25.8 Å². The molecule has 1 saturated heterocycles. The Labute approximate surface area is 241 Å². The molecular formula is C27H24ClN5O4S3. The normalized spacial score (nSPS) is 15.1. The van der Waals surface area contributed by atoms with Gasteiger partial charge in [0.2, 0.25) is 0 Å². The topological polar surface area (TPSA) is 105 Å². The van der Waals surface area contributed by atoms with Crippen molar-refractivity contribution >= 4 is 59.0 Å². The molecule has 1 fully saturated rings. The quantitative estimate of drug-likeness (QED) is 0.269. The van der Waals surface area contributed by atoms with E-state index in [1.807, 2.05) is 30.2 Å². The largest absolute Gasteiger partial charge is 0.345 e. The maximum atomic E-state index is 14.0. The van der Waals surface area contributed by atoms with Crippen LogP contribution in [0.1, 0.15) is 5.69 Å². The van der Waals surface area contributed by atoms with Gasteiger partial charge < -0.3 is 4.90 Å². The van der Waals surface area contributed by atoms with Crippen molar-refractivity contribution in [3.8, 4) is 10.4 Å². The Morgan fingerprint density at radius 1 is 0.850 bits per heavy atom. The van der Waals surface area contributed by atoms with Gasteiger partial charge in [0.15, 0.2) is 10.2 Å². The molecule has 0 amide bonds. The van der Waals surface area contributed by atoms with E-state index in [1.165, 1.54) is 39.9 Å². The number of thiazole rings is 1. The van der Waals surface area contributed by atoms with Crippen molar-refractivity contribution in [2.45, 2.75) is 16.8 Å². The molecule has 4 heterocycles. The van der Waals surface area contributed by atoms with Crippen molar-refractivity contribution < 1.29 is 16.8 Å². The zero-order valence-electron chi connectivity index (χ0n) is 21.3. The minimum atomic E-state index is -4.22. The standard InChI is InChI=1S/C27H24ClN5O4S3/c1-19-15-20(9-10-29-19)25-18-30-27(38-25)31-11-13-32(14-12-31)40(36,37)26-17-21-16-22(28)7-8-24(21)33(26)39(34,35)23-5-3-2-4-6-23/h2-10,15-18H,11-14H2,1H3. The van der Waals surface area contributed by atoms with E-state index in [4.69, 9.17) is 11.6 Å². The number of piperazine rings is 1. The van der Waals surface area contributed by atoms with Crippen LogP contribution < -0.4 is 4.90 Å². The highest BCUT2D eigenvalue weighted by Gasteiger charge is 2.36. The molecule has 13 heteroatoms. The van der Waals surface area contributed by atoms with Gasteiger partial charge >= 0.3 is 0 Å². The second-order valence-electron chi connectivity index (χ2n) is 9.35.